The molecule has 1 amide bonds. The molecule has 4 rings (SSSR count). The van der Waals surface area contributed by atoms with Crippen LogP contribution in [0, 0.1) is 0 Å². The third kappa shape index (κ3) is 3.28. The molecule has 0 aliphatic carbocycles. The minimum atomic E-state index is -0.273. The molecule has 1 saturated heterocycles. The number of carbonyl (C=O) groups excluding carboxylic acids is 1. The quantitative estimate of drug-likeness (QED) is 0.737. The number of nitrogens with zero attached hydrogens (tertiary/aromatic N) is 3. The SMILES string of the molecule is O=C(Cc1n[nH]c(=O)c2ccccc12)Nc1nnc([C@H]2CCCO2)s1. The number of aromatic amines is 1. The molecule has 0 saturated carbocycles. The smallest absolute Gasteiger partial charge is 0.272 e. The number of nitrogens with one attached hydrogen (secondary N) is 2. The molecule has 3 aromatic rings. The van der Waals surface area contributed by atoms with Gasteiger partial charge in [-0.1, -0.05) is 29.5 Å². The van der Waals surface area contributed by atoms with Crippen molar-refractivity contribution in [1.82, 2.24) is 20.4 Å². The van der Waals surface area contributed by atoms with Crippen LogP contribution in [-0.4, -0.2) is 32.9 Å². The fraction of sp³-hybridized carbons (Fsp3) is 0.312. The van der Waals surface area contributed by atoms with Crippen LogP contribution in [0.1, 0.15) is 29.6 Å². The minimum absolute atomic E-state index is 0.0204. The maximum absolute atomic E-state index is 12.3. The van der Waals surface area contributed by atoms with Crippen LogP contribution in [0.2, 0.25) is 0 Å². The second-order valence-corrected chi connectivity index (χ2v) is 6.73. The zero-order valence-corrected chi connectivity index (χ0v) is 14.0. The van der Waals surface area contributed by atoms with E-state index in [1.807, 2.05) is 6.07 Å². The van der Waals surface area contributed by atoms with Gasteiger partial charge >= 0.3 is 0 Å². The summed E-state index contributed by atoms with van der Waals surface area (Å²) < 4.78 is 5.56. The minimum Gasteiger partial charge on any atom is -0.371 e. The standard InChI is InChI=1S/C16H15N5O3S/c22-13(17-16-21-20-15(25-16)12-6-3-7-24-12)8-11-9-4-1-2-5-10(9)14(23)19-18-11/h1-2,4-5,12H,3,6-8H2,(H,19,23)(H,17,21,22)/t12-/m1/s1. The number of H-pyrrole nitrogens is 1. The van der Waals surface area contributed by atoms with E-state index in [9.17, 15) is 9.59 Å². The summed E-state index contributed by atoms with van der Waals surface area (Å²) in [5, 5.41) is 19.6. The fourth-order valence-electron chi connectivity index (χ4n) is 2.81. The Balaban J connectivity index is 1.49. The van der Waals surface area contributed by atoms with E-state index in [4.69, 9.17) is 4.74 Å². The van der Waals surface area contributed by atoms with Crippen LogP contribution in [0.3, 0.4) is 0 Å². The zero-order valence-electron chi connectivity index (χ0n) is 13.2. The van der Waals surface area contributed by atoms with Crippen molar-refractivity contribution in [3.05, 3.63) is 45.3 Å². The molecular formula is C16H15N5O3S. The van der Waals surface area contributed by atoms with Crippen LogP contribution in [0.25, 0.3) is 10.8 Å². The molecule has 1 atom stereocenters. The van der Waals surface area contributed by atoms with E-state index >= 15 is 0 Å². The van der Waals surface area contributed by atoms with Crippen LogP contribution in [0.5, 0.6) is 0 Å². The van der Waals surface area contributed by atoms with Gasteiger partial charge in [-0.3, -0.25) is 9.59 Å². The molecule has 0 unspecified atom stereocenters. The first-order chi connectivity index (χ1) is 12.2. The first-order valence-corrected chi connectivity index (χ1v) is 8.73. The molecule has 9 heteroatoms. The van der Waals surface area contributed by atoms with Gasteiger partial charge < -0.3 is 10.1 Å². The highest BCUT2D eigenvalue weighted by Crippen LogP contribution is 2.31. The van der Waals surface area contributed by atoms with Gasteiger partial charge in [-0.15, -0.1) is 10.2 Å². The summed E-state index contributed by atoms with van der Waals surface area (Å²) in [6, 6.07) is 7.06. The Bertz CT molecular complexity index is 977. The molecule has 8 nitrogen and oxygen atoms in total. The van der Waals surface area contributed by atoms with E-state index in [-0.39, 0.29) is 24.0 Å². The summed E-state index contributed by atoms with van der Waals surface area (Å²) in [5.41, 5.74) is 0.238. The molecule has 3 heterocycles. The van der Waals surface area contributed by atoms with Crippen molar-refractivity contribution in [3.63, 3.8) is 0 Å². The van der Waals surface area contributed by atoms with Gasteiger partial charge in [0, 0.05) is 12.0 Å². The highest BCUT2D eigenvalue weighted by Gasteiger charge is 2.22. The largest absolute Gasteiger partial charge is 0.371 e. The molecule has 25 heavy (non-hydrogen) atoms. The maximum Gasteiger partial charge on any atom is 0.272 e. The maximum atomic E-state index is 12.3. The Kier molecular flexibility index (Phi) is 4.24. The van der Waals surface area contributed by atoms with Crippen molar-refractivity contribution >= 4 is 33.1 Å². The zero-order chi connectivity index (χ0) is 17.2. The number of rotatable bonds is 4. The van der Waals surface area contributed by atoms with Crippen LogP contribution >= 0.6 is 11.3 Å². The monoisotopic (exact) mass is 357 g/mol. The topological polar surface area (TPSA) is 110 Å². The summed E-state index contributed by atoms with van der Waals surface area (Å²) in [4.78, 5) is 24.1. The van der Waals surface area contributed by atoms with E-state index in [2.05, 4.69) is 25.7 Å². The van der Waals surface area contributed by atoms with Crippen molar-refractivity contribution in [2.75, 3.05) is 11.9 Å². The number of ether oxygens (including phenoxy) is 1. The van der Waals surface area contributed by atoms with E-state index in [0.29, 0.717) is 21.6 Å². The Labute approximate surface area is 146 Å². The fourth-order valence-corrected chi connectivity index (χ4v) is 3.65. The average molecular weight is 357 g/mol. The molecule has 2 N–H and O–H groups in total. The number of aromatic nitrogens is 4. The van der Waals surface area contributed by atoms with E-state index in [0.717, 1.165) is 24.5 Å². The van der Waals surface area contributed by atoms with Crippen LogP contribution in [0.15, 0.2) is 29.1 Å². The van der Waals surface area contributed by atoms with Gasteiger partial charge in [0.05, 0.1) is 17.5 Å². The number of hydrogen-bond donors (Lipinski definition) is 2. The summed E-state index contributed by atoms with van der Waals surface area (Å²) in [7, 11) is 0. The molecule has 0 radical (unpaired) electrons. The van der Waals surface area contributed by atoms with Crippen LogP contribution < -0.4 is 10.9 Å². The van der Waals surface area contributed by atoms with E-state index in [1.165, 1.54) is 11.3 Å². The van der Waals surface area contributed by atoms with Gasteiger partial charge in [0.25, 0.3) is 5.56 Å². The number of hydrogen-bond acceptors (Lipinski definition) is 7. The lowest BCUT2D eigenvalue weighted by molar-refractivity contribution is -0.115. The van der Waals surface area contributed by atoms with Gasteiger partial charge in [-0.25, -0.2) is 5.10 Å². The molecule has 1 aliphatic heterocycles. The van der Waals surface area contributed by atoms with Gasteiger partial charge in [0.15, 0.2) is 0 Å². The molecule has 1 aromatic carbocycles. The molecular weight excluding hydrogens is 342 g/mol. The van der Waals surface area contributed by atoms with Crippen molar-refractivity contribution < 1.29 is 9.53 Å². The Hall–Kier alpha value is -2.65. The number of benzene rings is 1. The lowest BCUT2D eigenvalue weighted by Gasteiger charge is -2.04. The summed E-state index contributed by atoms with van der Waals surface area (Å²) in [6.07, 6.45) is 1.95. The lowest BCUT2D eigenvalue weighted by Crippen LogP contribution is -2.18. The second kappa shape index (κ2) is 6.69. The van der Waals surface area contributed by atoms with Gasteiger partial charge in [-0.05, 0) is 18.9 Å². The highest BCUT2D eigenvalue weighted by molar-refractivity contribution is 7.15. The summed E-state index contributed by atoms with van der Waals surface area (Å²) in [5.74, 6) is -0.264. The Morgan fingerprint density at radius 2 is 2.16 bits per heavy atom. The normalized spacial score (nSPS) is 17.0. The lowest BCUT2D eigenvalue weighted by atomic mass is 10.1. The highest BCUT2D eigenvalue weighted by atomic mass is 32.1. The number of amides is 1. The molecule has 0 spiro atoms. The first-order valence-electron chi connectivity index (χ1n) is 7.92. The number of carbonyl (C=O) groups is 1. The molecule has 1 aliphatic rings. The first kappa shape index (κ1) is 15.9. The van der Waals surface area contributed by atoms with E-state index < -0.39 is 0 Å². The molecule has 1 fully saturated rings. The van der Waals surface area contributed by atoms with Crippen molar-refractivity contribution in [2.24, 2.45) is 0 Å². The summed E-state index contributed by atoms with van der Waals surface area (Å²) in [6.45, 7) is 0.733. The van der Waals surface area contributed by atoms with E-state index in [1.54, 1.807) is 18.2 Å². The van der Waals surface area contributed by atoms with Gasteiger partial charge in [0.1, 0.15) is 11.1 Å². The van der Waals surface area contributed by atoms with Crippen LogP contribution in [0.4, 0.5) is 5.13 Å². The predicted octanol–water partition coefficient (Wildman–Crippen LogP) is 1.81. The third-order valence-corrected chi connectivity index (χ3v) is 4.93. The average Bonchev–Trinajstić information content (AvgIpc) is 3.29. The Morgan fingerprint density at radius 1 is 1.32 bits per heavy atom. The van der Waals surface area contributed by atoms with Gasteiger partial charge in [-0.2, -0.15) is 5.10 Å². The van der Waals surface area contributed by atoms with Crippen molar-refractivity contribution in [3.8, 4) is 0 Å². The number of fused-ring (bicyclic) bond motifs is 1. The van der Waals surface area contributed by atoms with Crippen molar-refractivity contribution in [2.45, 2.75) is 25.4 Å². The van der Waals surface area contributed by atoms with Crippen LogP contribution in [-0.2, 0) is 16.0 Å². The molecule has 0 bridgehead atoms. The second-order valence-electron chi connectivity index (χ2n) is 5.72. The number of anilines is 1. The summed E-state index contributed by atoms with van der Waals surface area (Å²) >= 11 is 1.32. The predicted molar refractivity (Wildman–Crippen MR) is 92.5 cm³/mol. The molecule has 2 aromatic heterocycles. The third-order valence-electron chi connectivity index (χ3n) is 4.00. The Morgan fingerprint density at radius 3 is 2.96 bits per heavy atom. The molecule has 128 valence electrons. The van der Waals surface area contributed by atoms with Gasteiger partial charge in [0.2, 0.25) is 11.0 Å². The van der Waals surface area contributed by atoms with Crippen molar-refractivity contribution in [1.29, 1.82) is 0 Å².